The smallest absolute Gasteiger partial charge is 0.307 e. The predicted molar refractivity (Wildman–Crippen MR) is 92.6 cm³/mol. The van der Waals surface area contributed by atoms with Crippen molar-refractivity contribution >= 4 is 11.9 Å². The Morgan fingerprint density at radius 1 is 1.07 bits per heavy atom. The van der Waals surface area contributed by atoms with E-state index in [-0.39, 0.29) is 24.7 Å². The van der Waals surface area contributed by atoms with Crippen molar-refractivity contribution in [1.29, 1.82) is 0 Å². The highest BCUT2D eigenvalue weighted by Crippen LogP contribution is 2.40. The maximum absolute atomic E-state index is 13.0. The van der Waals surface area contributed by atoms with Crippen LogP contribution in [0.1, 0.15) is 23.7 Å². The number of rotatable bonds is 4. The molecule has 2 aliphatic heterocycles. The van der Waals surface area contributed by atoms with Gasteiger partial charge in [0.25, 0.3) is 0 Å². The molecule has 1 amide bonds. The fourth-order valence-corrected chi connectivity index (χ4v) is 3.25. The Morgan fingerprint density at radius 2 is 1.81 bits per heavy atom. The van der Waals surface area contributed by atoms with E-state index >= 15 is 0 Å². The standard InChI is InChI=1S/C20H18FNO5/c21-14-4-1-12(2-5-14)11-22-20(24)15-10-18(23)27-19(15)13-3-6-16-17(9-13)26-8-7-25-16/h1-6,9,15,19H,7-8,10-11H2,(H,22,24)/t15-,19+/m1/s1. The minimum atomic E-state index is -0.679. The number of hydrogen-bond acceptors (Lipinski definition) is 5. The van der Waals surface area contributed by atoms with Gasteiger partial charge in [-0.3, -0.25) is 9.59 Å². The van der Waals surface area contributed by atoms with Crippen molar-refractivity contribution in [2.45, 2.75) is 19.1 Å². The van der Waals surface area contributed by atoms with E-state index in [1.54, 1.807) is 30.3 Å². The van der Waals surface area contributed by atoms with Crippen molar-refractivity contribution < 1.29 is 28.2 Å². The number of esters is 1. The van der Waals surface area contributed by atoms with Crippen LogP contribution in [0.15, 0.2) is 42.5 Å². The molecule has 2 atom stereocenters. The Kier molecular flexibility index (Phi) is 4.66. The Morgan fingerprint density at radius 3 is 2.59 bits per heavy atom. The second-order valence-electron chi connectivity index (χ2n) is 6.47. The Hall–Kier alpha value is -3.09. The predicted octanol–water partition coefficient (Wildman–Crippen LogP) is 2.52. The molecule has 0 unspecified atom stereocenters. The van der Waals surface area contributed by atoms with Gasteiger partial charge in [-0.15, -0.1) is 0 Å². The van der Waals surface area contributed by atoms with E-state index in [9.17, 15) is 14.0 Å². The van der Waals surface area contributed by atoms with Crippen LogP contribution in [0.3, 0.4) is 0 Å². The topological polar surface area (TPSA) is 73.9 Å². The molecule has 2 aromatic rings. The van der Waals surface area contributed by atoms with E-state index in [1.165, 1.54) is 12.1 Å². The van der Waals surface area contributed by atoms with Crippen LogP contribution in [-0.4, -0.2) is 25.1 Å². The van der Waals surface area contributed by atoms with Gasteiger partial charge in [0.2, 0.25) is 5.91 Å². The van der Waals surface area contributed by atoms with Gasteiger partial charge >= 0.3 is 5.97 Å². The maximum Gasteiger partial charge on any atom is 0.307 e. The molecule has 7 heteroatoms. The summed E-state index contributed by atoms with van der Waals surface area (Å²) in [6, 6.07) is 11.1. The molecule has 4 rings (SSSR count). The van der Waals surface area contributed by atoms with Crippen molar-refractivity contribution in [1.82, 2.24) is 5.32 Å². The van der Waals surface area contributed by atoms with Crippen LogP contribution in [0.5, 0.6) is 11.5 Å². The molecule has 0 bridgehead atoms. The normalized spacial score (nSPS) is 20.9. The average Bonchev–Trinajstić information content (AvgIpc) is 3.09. The number of fused-ring (bicyclic) bond motifs is 1. The molecular formula is C20H18FNO5. The van der Waals surface area contributed by atoms with Gasteiger partial charge in [0.1, 0.15) is 25.1 Å². The highest BCUT2D eigenvalue weighted by Gasteiger charge is 2.41. The maximum atomic E-state index is 13.0. The molecule has 0 spiro atoms. The monoisotopic (exact) mass is 371 g/mol. The van der Waals surface area contributed by atoms with Crippen LogP contribution in [0.2, 0.25) is 0 Å². The first kappa shape index (κ1) is 17.3. The zero-order valence-electron chi connectivity index (χ0n) is 14.4. The van der Waals surface area contributed by atoms with Crippen LogP contribution in [-0.2, 0) is 20.9 Å². The van der Waals surface area contributed by atoms with Crippen molar-refractivity contribution in [3.05, 3.63) is 59.4 Å². The van der Waals surface area contributed by atoms with Crippen molar-refractivity contribution in [2.24, 2.45) is 5.92 Å². The van der Waals surface area contributed by atoms with Gasteiger partial charge in [-0.25, -0.2) is 4.39 Å². The van der Waals surface area contributed by atoms with Gasteiger partial charge < -0.3 is 19.5 Å². The molecule has 27 heavy (non-hydrogen) atoms. The third kappa shape index (κ3) is 3.72. The summed E-state index contributed by atoms with van der Waals surface area (Å²) in [7, 11) is 0. The quantitative estimate of drug-likeness (QED) is 0.836. The molecule has 2 aromatic carbocycles. The molecule has 140 valence electrons. The fraction of sp³-hybridized carbons (Fsp3) is 0.300. The summed E-state index contributed by atoms with van der Waals surface area (Å²) in [6.07, 6.45) is -0.671. The lowest BCUT2D eigenvalue weighted by Gasteiger charge is -2.22. The van der Waals surface area contributed by atoms with Crippen LogP contribution < -0.4 is 14.8 Å². The Balaban J connectivity index is 1.48. The Labute approximate surface area is 155 Å². The molecule has 0 saturated carbocycles. The molecule has 0 radical (unpaired) electrons. The number of carbonyl (C=O) groups is 2. The van der Waals surface area contributed by atoms with Gasteiger partial charge in [0.05, 0.1) is 12.3 Å². The molecule has 0 aromatic heterocycles. The molecular weight excluding hydrogens is 353 g/mol. The summed E-state index contributed by atoms with van der Waals surface area (Å²) in [5.74, 6) is -0.472. The highest BCUT2D eigenvalue weighted by atomic mass is 19.1. The summed E-state index contributed by atoms with van der Waals surface area (Å²) >= 11 is 0. The van der Waals surface area contributed by atoms with Crippen LogP contribution >= 0.6 is 0 Å². The van der Waals surface area contributed by atoms with E-state index in [4.69, 9.17) is 14.2 Å². The zero-order valence-corrected chi connectivity index (χ0v) is 14.4. The summed E-state index contributed by atoms with van der Waals surface area (Å²) in [5.41, 5.74) is 1.46. The highest BCUT2D eigenvalue weighted by molar-refractivity contribution is 5.87. The lowest BCUT2D eigenvalue weighted by atomic mass is 9.94. The van der Waals surface area contributed by atoms with Crippen LogP contribution in [0, 0.1) is 11.7 Å². The van der Waals surface area contributed by atoms with Crippen molar-refractivity contribution in [3.63, 3.8) is 0 Å². The number of amides is 1. The van der Waals surface area contributed by atoms with Gasteiger partial charge in [0, 0.05) is 6.54 Å². The number of ether oxygens (including phenoxy) is 3. The summed E-state index contributed by atoms with van der Waals surface area (Å²) in [5, 5.41) is 2.79. The number of hydrogen-bond donors (Lipinski definition) is 1. The molecule has 6 nitrogen and oxygen atoms in total. The summed E-state index contributed by atoms with van der Waals surface area (Å²) in [6.45, 7) is 1.18. The largest absolute Gasteiger partial charge is 0.486 e. The molecule has 0 aliphatic carbocycles. The number of carbonyl (C=O) groups excluding carboxylic acids is 2. The number of benzene rings is 2. The summed E-state index contributed by atoms with van der Waals surface area (Å²) in [4.78, 5) is 24.5. The fourth-order valence-electron chi connectivity index (χ4n) is 3.25. The molecule has 1 saturated heterocycles. The van der Waals surface area contributed by atoms with E-state index in [0.717, 1.165) is 5.56 Å². The number of cyclic esters (lactones) is 1. The second kappa shape index (κ2) is 7.26. The third-order valence-corrected chi connectivity index (χ3v) is 4.62. The first-order valence-corrected chi connectivity index (χ1v) is 8.71. The lowest BCUT2D eigenvalue weighted by molar-refractivity contribution is -0.141. The SMILES string of the molecule is O=C1C[C@@H](C(=O)NCc2ccc(F)cc2)[C@H](c2ccc3c(c2)OCCO3)O1. The van der Waals surface area contributed by atoms with Crippen LogP contribution in [0.25, 0.3) is 0 Å². The van der Waals surface area contributed by atoms with E-state index in [2.05, 4.69) is 5.32 Å². The van der Waals surface area contributed by atoms with Gasteiger partial charge in [-0.05, 0) is 35.4 Å². The van der Waals surface area contributed by atoms with E-state index in [0.29, 0.717) is 30.3 Å². The number of nitrogens with one attached hydrogen (secondary N) is 1. The van der Waals surface area contributed by atoms with Crippen molar-refractivity contribution in [2.75, 3.05) is 13.2 Å². The number of halogens is 1. The minimum Gasteiger partial charge on any atom is -0.486 e. The van der Waals surface area contributed by atoms with Gasteiger partial charge in [-0.2, -0.15) is 0 Å². The first-order valence-electron chi connectivity index (χ1n) is 8.71. The molecule has 1 N–H and O–H groups in total. The summed E-state index contributed by atoms with van der Waals surface area (Å²) < 4.78 is 29.4. The van der Waals surface area contributed by atoms with Gasteiger partial charge in [0.15, 0.2) is 11.5 Å². The van der Waals surface area contributed by atoms with Crippen LogP contribution in [0.4, 0.5) is 4.39 Å². The zero-order chi connectivity index (χ0) is 18.8. The molecule has 1 fully saturated rings. The second-order valence-corrected chi connectivity index (χ2v) is 6.47. The van der Waals surface area contributed by atoms with Gasteiger partial charge in [-0.1, -0.05) is 18.2 Å². The lowest BCUT2D eigenvalue weighted by Crippen LogP contribution is -2.32. The first-order chi connectivity index (χ1) is 13.1. The van der Waals surface area contributed by atoms with E-state index in [1.807, 2.05) is 0 Å². The Bertz CT molecular complexity index is 867. The minimum absolute atomic E-state index is 0.00829. The molecule has 2 heterocycles. The molecule has 2 aliphatic rings. The van der Waals surface area contributed by atoms with Crippen molar-refractivity contribution in [3.8, 4) is 11.5 Å². The van der Waals surface area contributed by atoms with E-state index < -0.39 is 18.0 Å². The average molecular weight is 371 g/mol. The third-order valence-electron chi connectivity index (χ3n) is 4.62.